The maximum absolute atomic E-state index is 14.0. The van der Waals surface area contributed by atoms with Gasteiger partial charge in [-0.05, 0) is 80.5 Å². The lowest BCUT2D eigenvalue weighted by Gasteiger charge is -2.43. The number of rotatable bonds is 6. The highest BCUT2D eigenvalue weighted by Crippen LogP contribution is 2.42. The summed E-state index contributed by atoms with van der Waals surface area (Å²) in [6, 6.07) is 5.58. The van der Waals surface area contributed by atoms with E-state index >= 15 is 0 Å². The van der Waals surface area contributed by atoms with Crippen LogP contribution in [0, 0.1) is 17.7 Å². The van der Waals surface area contributed by atoms with Crippen LogP contribution in [0.2, 0.25) is 0 Å². The Balaban J connectivity index is 1.40. The third-order valence-electron chi connectivity index (χ3n) is 8.03. The lowest BCUT2D eigenvalue weighted by molar-refractivity contribution is -0.121. The van der Waals surface area contributed by atoms with Crippen LogP contribution >= 0.6 is 0 Å². The first-order valence-corrected chi connectivity index (χ1v) is 12.5. The van der Waals surface area contributed by atoms with E-state index in [-0.39, 0.29) is 29.6 Å². The molecule has 3 aliphatic rings. The van der Waals surface area contributed by atoms with Crippen LogP contribution in [0.1, 0.15) is 77.2 Å². The first-order valence-electron chi connectivity index (χ1n) is 12.5. The van der Waals surface area contributed by atoms with Crippen LogP contribution in [0.5, 0.6) is 0 Å². The normalized spacial score (nSPS) is 27.1. The Hall–Kier alpha value is -1.95. The first-order chi connectivity index (χ1) is 15.3. The molecule has 1 saturated heterocycles. The topological polar surface area (TPSA) is 52.7 Å². The van der Waals surface area contributed by atoms with E-state index in [4.69, 9.17) is 0 Å². The molecule has 2 aliphatic heterocycles. The number of nitrogens with one attached hydrogen (secondary N) is 1. The van der Waals surface area contributed by atoms with Gasteiger partial charge in [0.25, 0.3) is 0 Å². The molecule has 0 aromatic heterocycles. The molecule has 1 aromatic rings. The van der Waals surface area contributed by atoms with Crippen LogP contribution in [0.4, 0.5) is 10.1 Å². The maximum atomic E-state index is 14.0. The summed E-state index contributed by atoms with van der Waals surface area (Å²) in [4.78, 5) is 29.3. The van der Waals surface area contributed by atoms with Crippen molar-refractivity contribution in [2.24, 2.45) is 11.8 Å². The number of hydrogen-bond acceptors (Lipinski definition) is 3. The highest BCUT2D eigenvalue weighted by Gasteiger charge is 2.42. The number of fused-ring (bicyclic) bond motifs is 1. The molecule has 2 heterocycles. The Labute approximate surface area is 191 Å². The minimum Gasteiger partial charge on any atom is -0.356 e. The number of anilines is 1. The minimum atomic E-state index is -0.378. The minimum absolute atomic E-state index is 0.0619. The van der Waals surface area contributed by atoms with Crippen molar-refractivity contribution >= 4 is 17.5 Å². The van der Waals surface area contributed by atoms with Gasteiger partial charge in [-0.2, -0.15) is 0 Å². The summed E-state index contributed by atoms with van der Waals surface area (Å²) in [6.07, 6.45) is 7.69. The fourth-order valence-corrected chi connectivity index (χ4v) is 6.13. The van der Waals surface area contributed by atoms with E-state index in [2.05, 4.69) is 24.1 Å². The van der Waals surface area contributed by atoms with Crippen molar-refractivity contribution in [3.63, 3.8) is 0 Å². The van der Waals surface area contributed by atoms with E-state index in [1.54, 1.807) is 6.07 Å². The van der Waals surface area contributed by atoms with E-state index < -0.39 is 0 Å². The van der Waals surface area contributed by atoms with Crippen molar-refractivity contribution < 1.29 is 14.0 Å². The van der Waals surface area contributed by atoms with Gasteiger partial charge in [-0.1, -0.05) is 13.8 Å². The second-order valence-corrected chi connectivity index (χ2v) is 10.3. The molecular weight excluding hydrogens is 405 g/mol. The third-order valence-corrected chi connectivity index (χ3v) is 8.03. The van der Waals surface area contributed by atoms with Gasteiger partial charge in [-0.15, -0.1) is 0 Å². The summed E-state index contributed by atoms with van der Waals surface area (Å²) in [7, 11) is 0. The molecule has 32 heavy (non-hydrogen) atoms. The Morgan fingerprint density at radius 3 is 2.41 bits per heavy atom. The Morgan fingerprint density at radius 1 is 1.09 bits per heavy atom. The van der Waals surface area contributed by atoms with Crippen molar-refractivity contribution in [3.05, 3.63) is 29.6 Å². The van der Waals surface area contributed by atoms with Gasteiger partial charge in [0.2, 0.25) is 11.8 Å². The molecule has 0 bridgehead atoms. The number of carbonyl (C=O) groups excluding carboxylic acids is 2. The van der Waals surface area contributed by atoms with E-state index in [1.807, 2.05) is 4.90 Å². The van der Waals surface area contributed by atoms with Gasteiger partial charge in [-0.25, -0.2) is 4.39 Å². The van der Waals surface area contributed by atoms with Gasteiger partial charge < -0.3 is 15.1 Å². The number of amides is 2. The molecule has 2 fully saturated rings. The molecule has 1 saturated carbocycles. The summed E-state index contributed by atoms with van der Waals surface area (Å²) >= 11 is 0. The lowest BCUT2D eigenvalue weighted by Crippen LogP contribution is -2.50. The lowest BCUT2D eigenvalue weighted by atomic mass is 9.79. The Bertz CT molecular complexity index is 826. The van der Waals surface area contributed by atoms with Gasteiger partial charge in [-0.3, -0.25) is 9.59 Å². The van der Waals surface area contributed by atoms with E-state index in [0.29, 0.717) is 19.0 Å². The predicted molar refractivity (Wildman–Crippen MR) is 125 cm³/mol. The average Bonchev–Trinajstić information content (AvgIpc) is 3.04. The number of benzene rings is 1. The average molecular weight is 444 g/mol. The molecule has 2 amide bonds. The Morgan fingerprint density at radius 2 is 1.78 bits per heavy atom. The number of nitrogens with zero attached hydrogens (tertiary/aromatic N) is 2. The molecule has 4 rings (SSSR count). The quantitative estimate of drug-likeness (QED) is 0.706. The summed E-state index contributed by atoms with van der Waals surface area (Å²) < 4.78 is 14.0. The van der Waals surface area contributed by atoms with Crippen molar-refractivity contribution in [1.29, 1.82) is 0 Å². The van der Waals surface area contributed by atoms with Crippen LogP contribution in [0.3, 0.4) is 0 Å². The molecule has 1 unspecified atom stereocenters. The maximum Gasteiger partial charge on any atom is 0.234 e. The number of carbonyl (C=O) groups is 2. The zero-order chi connectivity index (χ0) is 22.8. The van der Waals surface area contributed by atoms with E-state index in [0.717, 1.165) is 49.0 Å². The largest absolute Gasteiger partial charge is 0.356 e. The highest BCUT2D eigenvalue weighted by atomic mass is 19.1. The van der Waals surface area contributed by atoms with Gasteiger partial charge in [0.1, 0.15) is 5.82 Å². The number of likely N-dealkylation sites (tertiary alicyclic amines) is 1. The molecule has 6 heteroatoms. The monoisotopic (exact) mass is 443 g/mol. The smallest absolute Gasteiger partial charge is 0.234 e. The van der Waals surface area contributed by atoms with Crippen molar-refractivity contribution in [2.75, 3.05) is 24.5 Å². The van der Waals surface area contributed by atoms with E-state index in [1.165, 1.54) is 44.7 Å². The third kappa shape index (κ3) is 4.85. The molecule has 1 N–H and O–H groups in total. The van der Waals surface area contributed by atoms with Gasteiger partial charge in [0.05, 0.1) is 5.92 Å². The second kappa shape index (κ2) is 9.90. The van der Waals surface area contributed by atoms with Gasteiger partial charge >= 0.3 is 0 Å². The molecule has 0 radical (unpaired) electrons. The molecular formula is C26H38FN3O2. The van der Waals surface area contributed by atoms with Crippen LogP contribution in [-0.4, -0.2) is 48.4 Å². The summed E-state index contributed by atoms with van der Waals surface area (Å²) in [6.45, 7) is 8.64. The second-order valence-electron chi connectivity index (χ2n) is 10.3. The summed E-state index contributed by atoms with van der Waals surface area (Å²) in [5.74, 6) is 0.920. The predicted octanol–water partition coefficient (Wildman–Crippen LogP) is 4.46. The fourth-order valence-electron chi connectivity index (χ4n) is 6.13. The molecule has 1 atom stereocenters. The zero-order valence-corrected chi connectivity index (χ0v) is 19.8. The van der Waals surface area contributed by atoms with Crippen LogP contribution in [0.15, 0.2) is 18.2 Å². The number of halogens is 1. The molecule has 1 aliphatic carbocycles. The van der Waals surface area contributed by atoms with E-state index in [9.17, 15) is 14.0 Å². The Kier molecular flexibility index (Phi) is 7.18. The molecule has 1 aromatic carbocycles. The van der Waals surface area contributed by atoms with Crippen LogP contribution in [-0.2, 0) is 9.59 Å². The highest BCUT2D eigenvalue weighted by molar-refractivity contribution is 6.05. The van der Waals surface area contributed by atoms with Gasteiger partial charge in [0.15, 0.2) is 0 Å². The SMILES string of the molecule is CC(=O)NCCC1C(=O)N(C2CCN(C3CCC(C(C)C)CC3)CC2)c2ccc(F)cc21. The zero-order valence-electron chi connectivity index (χ0n) is 19.8. The van der Waals surface area contributed by atoms with Crippen LogP contribution in [0.25, 0.3) is 0 Å². The molecule has 0 spiro atoms. The van der Waals surface area contributed by atoms with Crippen LogP contribution < -0.4 is 10.2 Å². The summed E-state index contributed by atoms with van der Waals surface area (Å²) in [5.41, 5.74) is 1.63. The molecule has 5 nitrogen and oxygen atoms in total. The molecule has 176 valence electrons. The number of piperidine rings is 1. The summed E-state index contributed by atoms with van der Waals surface area (Å²) in [5, 5.41) is 2.77. The first kappa shape index (κ1) is 23.2. The van der Waals surface area contributed by atoms with Crippen molar-refractivity contribution in [3.8, 4) is 0 Å². The standard InChI is InChI=1S/C26H38FN3O2/c1-17(2)19-4-7-21(8-5-19)29-14-11-22(12-15-29)30-25-9-6-20(27)16-24(25)23(26(30)32)10-13-28-18(3)31/h6,9,16-17,19,21-23H,4-5,7-8,10-15H2,1-3H3,(H,28,31). The fraction of sp³-hybridized carbons (Fsp3) is 0.692. The number of hydrogen-bond donors (Lipinski definition) is 1. The van der Waals surface area contributed by atoms with Crippen molar-refractivity contribution in [2.45, 2.75) is 83.7 Å². The van der Waals surface area contributed by atoms with Gasteiger partial charge in [0, 0.05) is 44.3 Å². The van der Waals surface area contributed by atoms with Crippen molar-refractivity contribution in [1.82, 2.24) is 10.2 Å².